The van der Waals surface area contributed by atoms with Gasteiger partial charge >= 0.3 is 0 Å². The number of aromatic nitrogens is 1. The molecule has 0 fully saturated rings. The van der Waals surface area contributed by atoms with Crippen molar-refractivity contribution in [2.24, 2.45) is 0 Å². The molecule has 0 bridgehead atoms. The molecule has 0 aromatic carbocycles. The van der Waals surface area contributed by atoms with Gasteiger partial charge in [-0.05, 0) is 32.2 Å². The molecule has 1 amide bonds. The van der Waals surface area contributed by atoms with E-state index in [0.717, 1.165) is 10.6 Å². The number of thiophene rings is 1. The molecule has 20 heavy (non-hydrogen) atoms. The molecule has 108 valence electrons. The van der Waals surface area contributed by atoms with Crippen LogP contribution in [0.5, 0.6) is 0 Å². The maximum absolute atomic E-state index is 11.6. The normalized spacial score (nSPS) is 11.6. The second-order valence-corrected chi connectivity index (χ2v) is 6.40. The van der Waals surface area contributed by atoms with Gasteiger partial charge in [0.05, 0.1) is 11.5 Å². The Bertz CT molecular complexity index is 555. The average molecular weight is 294 g/mol. The number of hydrogen-bond acceptors (Lipinski definition) is 5. The van der Waals surface area contributed by atoms with Crippen molar-refractivity contribution >= 4 is 17.2 Å². The van der Waals surface area contributed by atoms with Crippen molar-refractivity contribution in [1.82, 2.24) is 10.5 Å². The summed E-state index contributed by atoms with van der Waals surface area (Å²) < 4.78 is 10.6. The lowest BCUT2D eigenvalue weighted by Gasteiger charge is -2.20. The molecule has 2 rings (SSSR count). The summed E-state index contributed by atoms with van der Waals surface area (Å²) in [5, 5.41) is 8.72. The molecule has 1 N–H and O–H groups in total. The Kier molecular flexibility index (Phi) is 4.57. The van der Waals surface area contributed by atoms with Gasteiger partial charge in [-0.1, -0.05) is 11.2 Å². The predicted molar refractivity (Wildman–Crippen MR) is 77.4 cm³/mol. The van der Waals surface area contributed by atoms with Crippen LogP contribution < -0.4 is 5.32 Å². The summed E-state index contributed by atoms with van der Waals surface area (Å²) >= 11 is 1.59. The van der Waals surface area contributed by atoms with E-state index in [1.54, 1.807) is 11.3 Å². The first-order valence-electron chi connectivity index (χ1n) is 6.32. The smallest absolute Gasteiger partial charge is 0.246 e. The van der Waals surface area contributed by atoms with Crippen LogP contribution in [0.25, 0.3) is 10.6 Å². The van der Waals surface area contributed by atoms with E-state index >= 15 is 0 Å². The Morgan fingerprint density at radius 2 is 2.30 bits per heavy atom. The number of nitrogens with zero attached hydrogens (tertiary/aromatic N) is 1. The maximum atomic E-state index is 11.6. The largest absolute Gasteiger partial charge is 0.365 e. The molecule has 0 saturated carbocycles. The lowest BCUT2D eigenvalue weighted by molar-refractivity contribution is -0.127. The van der Waals surface area contributed by atoms with Crippen LogP contribution in [0.4, 0.5) is 0 Å². The van der Waals surface area contributed by atoms with Crippen molar-refractivity contribution in [2.45, 2.75) is 32.9 Å². The topological polar surface area (TPSA) is 64.4 Å². The molecule has 2 aromatic heterocycles. The van der Waals surface area contributed by atoms with Gasteiger partial charge in [-0.2, -0.15) is 0 Å². The lowest BCUT2D eigenvalue weighted by Crippen LogP contribution is -2.42. The van der Waals surface area contributed by atoms with Gasteiger partial charge in [-0.3, -0.25) is 4.79 Å². The third-order valence-corrected chi connectivity index (χ3v) is 3.20. The van der Waals surface area contributed by atoms with E-state index < -0.39 is 0 Å². The fourth-order valence-corrected chi connectivity index (χ4v) is 2.29. The van der Waals surface area contributed by atoms with E-state index in [0.29, 0.717) is 5.69 Å². The van der Waals surface area contributed by atoms with E-state index in [1.807, 2.05) is 44.4 Å². The third-order valence-electron chi connectivity index (χ3n) is 2.32. The van der Waals surface area contributed by atoms with Crippen LogP contribution in [0.3, 0.4) is 0 Å². The number of carbonyl (C=O) groups excluding carboxylic acids is 1. The van der Waals surface area contributed by atoms with Gasteiger partial charge in [-0.15, -0.1) is 11.3 Å². The Labute approximate surface area is 121 Å². The second kappa shape index (κ2) is 6.19. The summed E-state index contributed by atoms with van der Waals surface area (Å²) in [6, 6.07) is 5.75. The molecule has 6 heteroatoms. The van der Waals surface area contributed by atoms with E-state index in [9.17, 15) is 4.79 Å². The predicted octanol–water partition coefficient (Wildman–Crippen LogP) is 2.83. The molecular weight excluding hydrogens is 276 g/mol. The van der Waals surface area contributed by atoms with Crippen molar-refractivity contribution in [3.8, 4) is 10.6 Å². The van der Waals surface area contributed by atoms with Gasteiger partial charge < -0.3 is 14.6 Å². The molecule has 5 nitrogen and oxygen atoms in total. The van der Waals surface area contributed by atoms with Crippen molar-refractivity contribution in [3.05, 3.63) is 29.3 Å². The standard InChI is InChI=1S/C14H18N2O3S/c1-14(2,3)15-13(17)9-18-8-10-7-11(19-16-10)12-5-4-6-20-12/h4-7H,8-9H2,1-3H3,(H,15,17). The summed E-state index contributed by atoms with van der Waals surface area (Å²) in [5.41, 5.74) is 0.428. The van der Waals surface area contributed by atoms with E-state index in [4.69, 9.17) is 9.26 Å². The highest BCUT2D eigenvalue weighted by Gasteiger charge is 2.14. The van der Waals surface area contributed by atoms with Gasteiger partial charge in [0.1, 0.15) is 12.3 Å². The summed E-state index contributed by atoms with van der Waals surface area (Å²) in [6.07, 6.45) is 0. The van der Waals surface area contributed by atoms with Gasteiger partial charge in [0, 0.05) is 11.6 Å². The van der Waals surface area contributed by atoms with E-state index in [-0.39, 0.29) is 24.7 Å². The first-order chi connectivity index (χ1) is 9.44. The molecule has 2 aromatic rings. The van der Waals surface area contributed by atoms with E-state index in [2.05, 4.69) is 10.5 Å². The minimum Gasteiger partial charge on any atom is -0.365 e. The molecule has 0 saturated heterocycles. The molecular formula is C14H18N2O3S. The molecule has 0 aliphatic heterocycles. The minimum atomic E-state index is -0.249. The number of hydrogen-bond donors (Lipinski definition) is 1. The van der Waals surface area contributed by atoms with Gasteiger partial charge in [0.25, 0.3) is 0 Å². The van der Waals surface area contributed by atoms with Crippen LogP contribution in [0, 0.1) is 0 Å². The highest BCUT2D eigenvalue weighted by Crippen LogP contribution is 2.25. The molecule has 2 heterocycles. The molecule has 0 atom stereocenters. The van der Waals surface area contributed by atoms with Crippen molar-refractivity contribution in [3.63, 3.8) is 0 Å². The fourth-order valence-electron chi connectivity index (χ4n) is 1.62. The summed E-state index contributed by atoms with van der Waals surface area (Å²) in [4.78, 5) is 12.6. The first-order valence-corrected chi connectivity index (χ1v) is 7.20. The lowest BCUT2D eigenvalue weighted by atomic mass is 10.1. The van der Waals surface area contributed by atoms with Crippen molar-refractivity contribution in [1.29, 1.82) is 0 Å². The van der Waals surface area contributed by atoms with Gasteiger partial charge in [0.2, 0.25) is 5.91 Å². The first kappa shape index (κ1) is 14.7. The highest BCUT2D eigenvalue weighted by atomic mass is 32.1. The Morgan fingerprint density at radius 3 is 2.95 bits per heavy atom. The summed E-state index contributed by atoms with van der Waals surface area (Å²) in [6.45, 7) is 6.05. The van der Waals surface area contributed by atoms with E-state index in [1.165, 1.54) is 0 Å². The third kappa shape index (κ3) is 4.47. The zero-order valence-electron chi connectivity index (χ0n) is 11.8. The Hall–Kier alpha value is -1.66. The number of carbonyl (C=O) groups is 1. The monoisotopic (exact) mass is 294 g/mol. The molecule has 0 aliphatic carbocycles. The number of rotatable bonds is 5. The van der Waals surface area contributed by atoms with Gasteiger partial charge in [0.15, 0.2) is 5.76 Å². The minimum absolute atomic E-state index is 0.0124. The Balaban J connectivity index is 1.79. The number of nitrogens with one attached hydrogen (secondary N) is 1. The van der Waals surface area contributed by atoms with Crippen LogP contribution in [0.2, 0.25) is 0 Å². The van der Waals surface area contributed by atoms with Crippen molar-refractivity contribution < 1.29 is 14.1 Å². The summed E-state index contributed by atoms with van der Waals surface area (Å²) in [7, 11) is 0. The highest BCUT2D eigenvalue weighted by molar-refractivity contribution is 7.13. The van der Waals surface area contributed by atoms with Crippen LogP contribution in [-0.2, 0) is 16.1 Å². The summed E-state index contributed by atoms with van der Waals surface area (Å²) in [5.74, 6) is 0.581. The second-order valence-electron chi connectivity index (χ2n) is 5.45. The quantitative estimate of drug-likeness (QED) is 0.921. The van der Waals surface area contributed by atoms with Crippen LogP contribution >= 0.6 is 11.3 Å². The maximum Gasteiger partial charge on any atom is 0.246 e. The molecule has 0 aliphatic rings. The fraction of sp³-hybridized carbons (Fsp3) is 0.429. The number of ether oxygens (including phenoxy) is 1. The van der Waals surface area contributed by atoms with Crippen LogP contribution in [0.15, 0.2) is 28.1 Å². The van der Waals surface area contributed by atoms with Crippen LogP contribution in [-0.4, -0.2) is 23.2 Å². The van der Waals surface area contributed by atoms with Gasteiger partial charge in [-0.25, -0.2) is 0 Å². The van der Waals surface area contributed by atoms with Crippen LogP contribution in [0.1, 0.15) is 26.5 Å². The molecule has 0 spiro atoms. The molecule has 0 unspecified atom stereocenters. The SMILES string of the molecule is CC(C)(C)NC(=O)COCc1cc(-c2cccs2)on1. The van der Waals surface area contributed by atoms with Crippen molar-refractivity contribution in [2.75, 3.05) is 6.61 Å². The average Bonchev–Trinajstić information content (AvgIpc) is 2.96. The zero-order valence-corrected chi connectivity index (χ0v) is 12.6. The zero-order chi connectivity index (χ0) is 14.6. The molecule has 0 radical (unpaired) electrons. The Morgan fingerprint density at radius 1 is 1.50 bits per heavy atom. The number of amides is 1.